The maximum absolute atomic E-state index is 11.0. The van der Waals surface area contributed by atoms with Crippen molar-refractivity contribution in [3.05, 3.63) is 16.8 Å². The largest absolute Gasteiger partial charge is 0.366 e. The molecule has 0 saturated carbocycles. The molecule has 0 spiro atoms. The summed E-state index contributed by atoms with van der Waals surface area (Å²) in [6.45, 7) is 12.0. The van der Waals surface area contributed by atoms with Gasteiger partial charge in [-0.15, -0.1) is 0 Å². The Morgan fingerprint density at radius 3 is 2.28 bits per heavy atom. The van der Waals surface area contributed by atoms with Gasteiger partial charge in [-0.2, -0.15) is 0 Å². The van der Waals surface area contributed by atoms with Crippen LogP contribution in [0.15, 0.2) is 11.1 Å². The minimum absolute atomic E-state index is 0.256. The molecule has 0 aliphatic carbocycles. The average Bonchev–Trinajstić information content (AvgIpc) is 2.75. The minimum atomic E-state index is -0.271. The number of rotatable bonds is 2. The fourth-order valence-electron chi connectivity index (χ4n) is 1.23. The molecule has 3 N–H and O–H groups in total. The lowest BCUT2D eigenvalue weighted by Crippen LogP contribution is -2.11. The molecule has 0 bridgehead atoms. The summed E-state index contributed by atoms with van der Waals surface area (Å²) in [4.78, 5) is 24.2. The molecule has 0 unspecified atom stereocenters. The van der Waals surface area contributed by atoms with Crippen LogP contribution in [0, 0.1) is 0 Å². The SMILES string of the molecule is CC.CC.CC(C)Nc1ncnc2[nH]c(=O)[nH]c12. The van der Waals surface area contributed by atoms with E-state index in [-0.39, 0.29) is 11.7 Å². The van der Waals surface area contributed by atoms with Gasteiger partial charge in [0.2, 0.25) is 0 Å². The molecule has 0 aliphatic rings. The fourth-order valence-corrected chi connectivity index (χ4v) is 1.23. The number of aromatic nitrogens is 4. The summed E-state index contributed by atoms with van der Waals surface area (Å²) in [5.74, 6) is 0.642. The molecule has 0 aliphatic heterocycles. The van der Waals surface area contributed by atoms with Crippen LogP contribution >= 0.6 is 0 Å². The van der Waals surface area contributed by atoms with Gasteiger partial charge in [0.25, 0.3) is 0 Å². The Labute approximate surface area is 107 Å². The molecule has 102 valence electrons. The Balaban J connectivity index is 0.000000659. The van der Waals surface area contributed by atoms with E-state index in [1.54, 1.807) is 0 Å². The van der Waals surface area contributed by atoms with Crippen molar-refractivity contribution in [3.63, 3.8) is 0 Å². The third-order valence-electron chi connectivity index (χ3n) is 1.74. The van der Waals surface area contributed by atoms with Crippen LogP contribution in [0.4, 0.5) is 5.82 Å². The molecule has 2 aromatic heterocycles. The highest BCUT2D eigenvalue weighted by Gasteiger charge is 2.06. The van der Waals surface area contributed by atoms with E-state index in [9.17, 15) is 4.79 Å². The molecule has 0 aromatic carbocycles. The second-order valence-electron chi connectivity index (χ2n) is 3.32. The Kier molecular flexibility index (Phi) is 7.42. The van der Waals surface area contributed by atoms with Crippen molar-refractivity contribution in [1.29, 1.82) is 0 Å². The van der Waals surface area contributed by atoms with Crippen LogP contribution in [0.2, 0.25) is 0 Å². The Bertz CT molecular complexity index is 500. The molecule has 6 heteroatoms. The second-order valence-corrected chi connectivity index (χ2v) is 3.32. The van der Waals surface area contributed by atoms with Crippen LogP contribution in [0.5, 0.6) is 0 Å². The van der Waals surface area contributed by atoms with E-state index < -0.39 is 0 Å². The molecular formula is C12H23N5O. The van der Waals surface area contributed by atoms with Crippen LogP contribution in [0.25, 0.3) is 11.2 Å². The molecule has 2 heterocycles. The van der Waals surface area contributed by atoms with Crippen molar-refractivity contribution < 1.29 is 0 Å². The normalized spacial score (nSPS) is 9.28. The van der Waals surface area contributed by atoms with Crippen LogP contribution in [0.1, 0.15) is 41.5 Å². The number of H-pyrrole nitrogens is 2. The molecule has 18 heavy (non-hydrogen) atoms. The number of anilines is 1. The summed E-state index contributed by atoms with van der Waals surface area (Å²) in [6.07, 6.45) is 1.41. The molecule has 2 rings (SSSR count). The van der Waals surface area contributed by atoms with Gasteiger partial charge in [-0.25, -0.2) is 14.8 Å². The van der Waals surface area contributed by atoms with E-state index in [1.165, 1.54) is 6.33 Å². The number of hydrogen-bond acceptors (Lipinski definition) is 4. The molecule has 0 radical (unpaired) electrons. The van der Waals surface area contributed by atoms with Gasteiger partial charge in [-0.3, -0.25) is 4.98 Å². The number of nitrogens with one attached hydrogen (secondary N) is 3. The first-order chi connectivity index (χ1) is 8.66. The minimum Gasteiger partial charge on any atom is -0.366 e. The van der Waals surface area contributed by atoms with Gasteiger partial charge in [-0.05, 0) is 13.8 Å². The van der Waals surface area contributed by atoms with Crippen molar-refractivity contribution in [2.45, 2.75) is 47.6 Å². The van der Waals surface area contributed by atoms with Crippen LogP contribution in [-0.2, 0) is 0 Å². The van der Waals surface area contributed by atoms with Gasteiger partial charge in [-0.1, -0.05) is 27.7 Å². The van der Waals surface area contributed by atoms with Crippen molar-refractivity contribution in [2.75, 3.05) is 5.32 Å². The van der Waals surface area contributed by atoms with Gasteiger partial charge in [0.1, 0.15) is 11.8 Å². The van der Waals surface area contributed by atoms with Crippen molar-refractivity contribution in [3.8, 4) is 0 Å². The number of aromatic amines is 2. The summed E-state index contributed by atoms with van der Waals surface area (Å²) < 4.78 is 0. The van der Waals surface area contributed by atoms with Gasteiger partial charge >= 0.3 is 5.69 Å². The average molecular weight is 253 g/mol. The smallest absolute Gasteiger partial charge is 0.325 e. The lowest BCUT2D eigenvalue weighted by Gasteiger charge is -2.08. The summed E-state index contributed by atoms with van der Waals surface area (Å²) in [7, 11) is 0. The summed E-state index contributed by atoms with van der Waals surface area (Å²) in [5, 5.41) is 3.12. The van der Waals surface area contributed by atoms with Crippen molar-refractivity contribution >= 4 is 17.0 Å². The molecule has 0 fully saturated rings. The molecule has 6 nitrogen and oxygen atoms in total. The number of nitrogens with zero attached hydrogens (tertiary/aromatic N) is 2. The predicted molar refractivity (Wildman–Crippen MR) is 76.0 cm³/mol. The molecule has 0 amide bonds. The topological polar surface area (TPSA) is 86.5 Å². The number of imidazole rings is 1. The maximum atomic E-state index is 11.0. The summed E-state index contributed by atoms with van der Waals surface area (Å²) in [5.41, 5.74) is 0.867. The predicted octanol–water partition coefficient (Wildman–Crippen LogP) is 2.52. The third kappa shape index (κ3) is 4.20. The lowest BCUT2D eigenvalue weighted by molar-refractivity contribution is 0.889. The van der Waals surface area contributed by atoms with Gasteiger partial charge in [0.05, 0.1) is 0 Å². The standard InChI is InChI=1S/C8H11N5O.2C2H6/c1-4(2)11-6-5-7(10-3-9-6)13-8(14)12-5;2*1-2/h3-4H,1-2H3,(H3,9,10,11,12,13,14);2*1-2H3. The van der Waals surface area contributed by atoms with Crippen LogP contribution < -0.4 is 11.0 Å². The van der Waals surface area contributed by atoms with Crippen LogP contribution in [-0.4, -0.2) is 26.0 Å². The van der Waals surface area contributed by atoms with E-state index in [0.29, 0.717) is 17.0 Å². The second kappa shape index (κ2) is 8.27. The maximum Gasteiger partial charge on any atom is 0.325 e. The summed E-state index contributed by atoms with van der Waals surface area (Å²) >= 11 is 0. The van der Waals surface area contributed by atoms with Gasteiger partial charge < -0.3 is 10.3 Å². The molecule has 0 atom stereocenters. The Hall–Kier alpha value is -1.85. The van der Waals surface area contributed by atoms with Crippen LogP contribution in [0.3, 0.4) is 0 Å². The Morgan fingerprint density at radius 1 is 1.11 bits per heavy atom. The molecular weight excluding hydrogens is 230 g/mol. The first-order valence-electron chi connectivity index (χ1n) is 6.36. The van der Waals surface area contributed by atoms with Crippen molar-refractivity contribution in [1.82, 2.24) is 19.9 Å². The molecule has 2 aromatic rings. The van der Waals surface area contributed by atoms with E-state index in [4.69, 9.17) is 0 Å². The zero-order valence-electron chi connectivity index (χ0n) is 12.0. The van der Waals surface area contributed by atoms with E-state index in [0.717, 1.165) is 0 Å². The third-order valence-corrected chi connectivity index (χ3v) is 1.74. The number of fused-ring (bicyclic) bond motifs is 1. The van der Waals surface area contributed by atoms with E-state index in [2.05, 4.69) is 25.3 Å². The monoisotopic (exact) mass is 253 g/mol. The highest BCUT2D eigenvalue weighted by atomic mass is 16.1. The lowest BCUT2D eigenvalue weighted by atomic mass is 10.4. The zero-order valence-corrected chi connectivity index (χ0v) is 12.0. The quantitative estimate of drug-likeness (QED) is 0.767. The highest BCUT2D eigenvalue weighted by molar-refractivity contribution is 5.81. The highest BCUT2D eigenvalue weighted by Crippen LogP contribution is 2.13. The molecule has 0 saturated heterocycles. The van der Waals surface area contributed by atoms with E-state index in [1.807, 2.05) is 41.5 Å². The fraction of sp³-hybridized carbons (Fsp3) is 0.583. The van der Waals surface area contributed by atoms with Crippen molar-refractivity contribution in [2.24, 2.45) is 0 Å². The Morgan fingerprint density at radius 2 is 1.72 bits per heavy atom. The summed E-state index contributed by atoms with van der Waals surface area (Å²) in [6, 6.07) is 0.256. The van der Waals surface area contributed by atoms with E-state index >= 15 is 0 Å². The van der Waals surface area contributed by atoms with Gasteiger partial charge in [0, 0.05) is 6.04 Å². The first-order valence-corrected chi connectivity index (χ1v) is 6.36. The number of hydrogen-bond donors (Lipinski definition) is 3. The zero-order chi connectivity index (χ0) is 14.1. The first kappa shape index (κ1) is 16.1. The van der Waals surface area contributed by atoms with Gasteiger partial charge in [0.15, 0.2) is 11.5 Å².